The van der Waals surface area contributed by atoms with Crippen molar-refractivity contribution in [3.63, 3.8) is 0 Å². The Bertz CT molecular complexity index is 667. The predicted molar refractivity (Wildman–Crippen MR) is 87.9 cm³/mol. The van der Waals surface area contributed by atoms with Crippen LogP contribution >= 0.6 is 11.6 Å². The van der Waals surface area contributed by atoms with E-state index in [1.54, 1.807) is 18.2 Å². The van der Waals surface area contributed by atoms with E-state index in [1.165, 1.54) is 6.08 Å². The molecule has 21 heavy (non-hydrogen) atoms. The van der Waals surface area contributed by atoms with Gasteiger partial charge in [0.2, 0.25) is 5.91 Å². The fraction of sp³-hybridized carbons (Fsp3) is 0.118. The number of carbonyl (C=O) groups excluding carboxylic acids is 1. The molecule has 0 aliphatic heterocycles. The Morgan fingerprint density at radius 3 is 2.71 bits per heavy atom. The van der Waals surface area contributed by atoms with E-state index >= 15 is 0 Å². The molecule has 2 aromatic rings. The highest BCUT2D eigenvalue weighted by Crippen LogP contribution is 2.17. The number of nitrogens with one attached hydrogen (secondary N) is 1. The molecule has 0 spiro atoms. The number of rotatable bonds is 4. The molecule has 1 atom stereocenters. The van der Waals surface area contributed by atoms with Gasteiger partial charge in [-0.2, -0.15) is 0 Å². The molecular weight excluding hydrogens is 284 g/mol. The minimum Gasteiger partial charge on any atom is -0.399 e. The first-order valence-electron chi connectivity index (χ1n) is 6.64. The molecule has 3 nitrogen and oxygen atoms in total. The minimum atomic E-state index is -0.162. The van der Waals surface area contributed by atoms with Crippen molar-refractivity contribution in [1.29, 1.82) is 0 Å². The Morgan fingerprint density at radius 2 is 2.00 bits per heavy atom. The van der Waals surface area contributed by atoms with Crippen LogP contribution in [0.25, 0.3) is 6.08 Å². The molecule has 0 fully saturated rings. The van der Waals surface area contributed by atoms with Crippen LogP contribution < -0.4 is 11.1 Å². The van der Waals surface area contributed by atoms with Gasteiger partial charge < -0.3 is 11.1 Å². The summed E-state index contributed by atoms with van der Waals surface area (Å²) in [5, 5.41) is 3.55. The average Bonchev–Trinajstić information content (AvgIpc) is 2.45. The molecule has 0 bridgehead atoms. The van der Waals surface area contributed by atoms with Gasteiger partial charge in [0.05, 0.1) is 6.04 Å². The van der Waals surface area contributed by atoms with Gasteiger partial charge in [0, 0.05) is 16.8 Å². The normalized spacial score (nSPS) is 12.3. The summed E-state index contributed by atoms with van der Waals surface area (Å²) in [5.41, 5.74) is 8.22. The molecule has 0 aliphatic carbocycles. The van der Waals surface area contributed by atoms with E-state index in [9.17, 15) is 4.79 Å². The fourth-order valence-corrected chi connectivity index (χ4v) is 2.15. The SMILES string of the molecule is C[C@@H](NC(=O)/C=C/c1cccc(N)c1)c1cccc(Cl)c1. The number of anilines is 1. The molecule has 2 aromatic carbocycles. The summed E-state index contributed by atoms with van der Waals surface area (Å²) in [4.78, 5) is 11.9. The number of nitrogen functional groups attached to an aromatic ring is 1. The zero-order valence-corrected chi connectivity index (χ0v) is 12.5. The van der Waals surface area contributed by atoms with Gasteiger partial charge in [-0.3, -0.25) is 4.79 Å². The van der Waals surface area contributed by atoms with Crippen molar-refractivity contribution in [1.82, 2.24) is 5.32 Å². The molecule has 4 heteroatoms. The van der Waals surface area contributed by atoms with E-state index in [-0.39, 0.29) is 11.9 Å². The van der Waals surface area contributed by atoms with Crippen LogP contribution in [0.1, 0.15) is 24.1 Å². The van der Waals surface area contributed by atoms with Crippen molar-refractivity contribution in [2.75, 3.05) is 5.73 Å². The quantitative estimate of drug-likeness (QED) is 0.666. The van der Waals surface area contributed by atoms with Crippen molar-refractivity contribution in [3.8, 4) is 0 Å². The smallest absolute Gasteiger partial charge is 0.244 e. The van der Waals surface area contributed by atoms with Crippen LogP contribution in [0.2, 0.25) is 5.02 Å². The lowest BCUT2D eigenvalue weighted by molar-refractivity contribution is -0.117. The van der Waals surface area contributed by atoms with Gasteiger partial charge in [-0.1, -0.05) is 35.9 Å². The number of hydrogen-bond donors (Lipinski definition) is 2. The Kier molecular flexibility index (Phi) is 5.01. The molecule has 108 valence electrons. The Hall–Kier alpha value is -2.26. The lowest BCUT2D eigenvalue weighted by atomic mass is 10.1. The molecule has 0 heterocycles. The molecule has 0 aliphatic rings. The van der Waals surface area contributed by atoms with Gasteiger partial charge in [0.1, 0.15) is 0 Å². The van der Waals surface area contributed by atoms with Crippen LogP contribution in [0.4, 0.5) is 5.69 Å². The van der Waals surface area contributed by atoms with Crippen molar-refractivity contribution >= 4 is 29.3 Å². The molecule has 0 saturated heterocycles. The van der Waals surface area contributed by atoms with Crippen molar-refractivity contribution < 1.29 is 4.79 Å². The summed E-state index contributed by atoms with van der Waals surface area (Å²) in [7, 11) is 0. The van der Waals surface area contributed by atoms with E-state index < -0.39 is 0 Å². The monoisotopic (exact) mass is 300 g/mol. The van der Waals surface area contributed by atoms with Gasteiger partial charge in [-0.25, -0.2) is 0 Å². The Morgan fingerprint density at radius 1 is 1.24 bits per heavy atom. The third-order valence-corrected chi connectivity index (χ3v) is 3.28. The zero-order chi connectivity index (χ0) is 15.2. The van der Waals surface area contributed by atoms with Crippen LogP contribution in [0.3, 0.4) is 0 Å². The number of nitrogens with two attached hydrogens (primary N) is 1. The number of hydrogen-bond acceptors (Lipinski definition) is 2. The number of amides is 1. The van der Waals surface area contributed by atoms with Crippen molar-refractivity contribution in [2.24, 2.45) is 0 Å². The first kappa shape index (κ1) is 15.1. The van der Waals surface area contributed by atoms with E-state index in [1.807, 2.05) is 43.3 Å². The molecule has 2 rings (SSSR count). The van der Waals surface area contributed by atoms with Crippen LogP contribution in [0.15, 0.2) is 54.6 Å². The lowest BCUT2D eigenvalue weighted by Crippen LogP contribution is -2.24. The minimum absolute atomic E-state index is 0.110. The molecule has 0 saturated carbocycles. The first-order valence-corrected chi connectivity index (χ1v) is 7.02. The Balaban J connectivity index is 1.98. The number of benzene rings is 2. The lowest BCUT2D eigenvalue weighted by Gasteiger charge is -2.13. The molecule has 3 N–H and O–H groups in total. The summed E-state index contributed by atoms with van der Waals surface area (Å²) in [6, 6.07) is 14.7. The van der Waals surface area contributed by atoms with E-state index in [0.717, 1.165) is 11.1 Å². The topological polar surface area (TPSA) is 55.1 Å². The maximum absolute atomic E-state index is 11.9. The fourth-order valence-electron chi connectivity index (χ4n) is 1.96. The van der Waals surface area contributed by atoms with Gasteiger partial charge in [-0.15, -0.1) is 0 Å². The molecular formula is C17H17ClN2O. The highest BCUT2D eigenvalue weighted by molar-refractivity contribution is 6.30. The van der Waals surface area contributed by atoms with E-state index in [0.29, 0.717) is 10.7 Å². The molecule has 0 radical (unpaired) electrons. The van der Waals surface area contributed by atoms with E-state index in [2.05, 4.69) is 5.32 Å². The highest BCUT2D eigenvalue weighted by atomic mass is 35.5. The molecule has 0 aromatic heterocycles. The summed E-state index contributed by atoms with van der Waals surface area (Å²) < 4.78 is 0. The van der Waals surface area contributed by atoms with Gasteiger partial charge >= 0.3 is 0 Å². The zero-order valence-electron chi connectivity index (χ0n) is 11.7. The second-order valence-corrected chi connectivity index (χ2v) is 5.23. The largest absolute Gasteiger partial charge is 0.399 e. The van der Waals surface area contributed by atoms with Crippen LogP contribution in [-0.2, 0) is 4.79 Å². The third-order valence-electron chi connectivity index (χ3n) is 3.05. The van der Waals surface area contributed by atoms with Crippen LogP contribution in [-0.4, -0.2) is 5.91 Å². The molecule has 0 unspecified atom stereocenters. The summed E-state index contributed by atoms with van der Waals surface area (Å²) in [6.45, 7) is 1.91. The second-order valence-electron chi connectivity index (χ2n) is 4.79. The van der Waals surface area contributed by atoms with Crippen LogP contribution in [0.5, 0.6) is 0 Å². The predicted octanol–water partition coefficient (Wildman–Crippen LogP) is 3.81. The third kappa shape index (κ3) is 4.65. The summed E-state index contributed by atoms with van der Waals surface area (Å²) >= 11 is 5.94. The van der Waals surface area contributed by atoms with Crippen molar-refractivity contribution in [3.05, 3.63) is 70.8 Å². The van der Waals surface area contributed by atoms with Crippen LogP contribution in [0, 0.1) is 0 Å². The van der Waals surface area contributed by atoms with Gasteiger partial charge in [-0.05, 0) is 48.4 Å². The number of halogens is 1. The molecule has 1 amide bonds. The van der Waals surface area contributed by atoms with Gasteiger partial charge in [0.15, 0.2) is 0 Å². The summed E-state index contributed by atoms with van der Waals surface area (Å²) in [5.74, 6) is -0.162. The van der Waals surface area contributed by atoms with Gasteiger partial charge in [0.25, 0.3) is 0 Å². The average molecular weight is 301 g/mol. The summed E-state index contributed by atoms with van der Waals surface area (Å²) in [6.07, 6.45) is 3.23. The maximum atomic E-state index is 11.9. The Labute approximate surface area is 129 Å². The van der Waals surface area contributed by atoms with E-state index in [4.69, 9.17) is 17.3 Å². The number of carbonyl (C=O) groups is 1. The first-order chi connectivity index (χ1) is 10.0. The van der Waals surface area contributed by atoms with Crippen molar-refractivity contribution in [2.45, 2.75) is 13.0 Å². The standard InChI is InChI=1S/C17H17ClN2O/c1-12(14-5-3-6-15(18)11-14)20-17(21)9-8-13-4-2-7-16(19)10-13/h2-12H,19H2,1H3,(H,20,21)/b9-8+/t12-/m1/s1. The highest BCUT2D eigenvalue weighted by Gasteiger charge is 2.07. The maximum Gasteiger partial charge on any atom is 0.244 e. The second kappa shape index (κ2) is 6.95.